The molecule has 0 aliphatic heterocycles. The zero-order valence-corrected chi connectivity index (χ0v) is 12.8. The van der Waals surface area contributed by atoms with E-state index in [0.29, 0.717) is 24.8 Å². The summed E-state index contributed by atoms with van der Waals surface area (Å²) < 4.78 is 16.1. The van der Waals surface area contributed by atoms with Crippen molar-refractivity contribution in [1.82, 2.24) is 15.5 Å². The van der Waals surface area contributed by atoms with Crippen LogP contribution in [0.25, 0.3) is 0 Å². The Labute approximate surface area is 124 Å². The third kappa shape index (κ3) is 4.46. The summed E-state index contributed by atoms with van der Waals surface area (Å²) in [5.41, 5.74) is 1.10. The van der Waals surface area contributed by atoms with Gasteiger partial charge in [0.25, 0.3) is 0 Å². The smallest absolute Gasteiger partial charge is 0.240 e. The van der Waals surface area contributed by atoms with Gasteiger partial charge in [-0.25, -0.2) is 0 Å². The van der Waals surface area contributed by atoms with E-state index >= 15 is 0 Å². The van der Waals surface area contributed by atoms with Gasteiger partial charge >= 0.3 is 0 Å². The zero-order chi connectivity index (χ0) is 15.2. The summed E-state index contributed by atoms with van der Waals surface area (Å²) >= 11 is 0. The molecule has 1 aromatic heterocycles. The van der Waals surface area contributed by atoms with E-state index in [-0.39, 0.29) is 6.10 Å². The van der Waals surface area contributed by atoms with Crippen LogP contribution in [0.3, 0.4) is 0 Å². The average molecular weight is 291 g/mol. The van der Waals surface area contributed by atoms with Crippen LogP contribution in [0.1, 0.15) is 31.1 Å². The molecule has 0 aliphatic rings. The monoisotopic (exact) mass is 291 g/mol. The SMILES string of the molecule is COc1cc(CNCc2nc(C)no2)ccc1OC(C)C. The Hall–Kier alpha value is -2.08. The number of nitrogens with one attached hydrogen (secondary N) is 1. The third-order valence-electron chi connectivity index (χ3n) is 2.77. The Balaban J connectivity index is 1.94. The summed E-state index contributed by atoms with van der Waals surface area (Å²) in [7, 11) is 1.64. The Morgan fingerprint density at radius 1 is 1.24 bits per heavy atom. The normalized spacial score (nSPS) is 10.9. The average Bonchev–Trinajstić information content (AvgIpc) is 2.85. The van der Waals surface area contributed by atoms with Gasteiger partial charge in [-0.05, 0) is 38.5 Å². The number of methoxy groups -OCH3 is 1. The molecule has 0 unspecified atom stereocenters. The lowest BCUT2D eigenvalue weighted by atomic mass is 10.2. The summed E-state index contributed by atoms with van der Waals surface area (Å²) in [6.07, 6.45) is 0.114. The molecule has 114 valence electrons. The first kappa shape index (κ1) is 15.3. The second-order valence-electron chi connectivity index (χ2n) is 4.99. The molecule has 0 saturated heterocycles. The molecule has 0 bridgehead atoms. The van der Waals surface area contributed by atoms with Crippen molar-refractivity contribution in [3.05, 3.63) is 35.5 Å². The second kappa shape index (κ2) is 7.08. The van der Waals surface area contributed by atoms with Gasteiger partial charge in [0.1, 0.15) is 0 Å². The van der Waals surface area contributed by atoms with Gasteiger partial charge < -0.3 is 19.3 Å². The van der Waals surface area contributed by atoms with Crippen LogP contribution >= 0.6 is 0 Å². The predicted octanol–water partition coefficient (Wildman–Crippen LogP) is 2.46. The number of nitrogens with zero attached hydrogens (tertiary/aromatic N) is 2. The Morgan fingerprint density at radius 2 is 2.05 bits per heavy atom. The lowest BCUT2D eigenvalue weighted by Crippen LogP contribution is -2.13. The van der Waals surface area contributed by atoms with Crippen molar-refractivity contribution in [3.63, 3.8) is 0 Å². The molecule has 6 nitrogen and oxygen atoms in total. The van der Waals surface area contributed by atoms with Crippen molar-refractivity contribution in [2.45, 2.75) is 40.0 Å². The fourth-order valence-corrected chi connectivity index (χ4v) is 1.90. The molecule has 0 spiro atoms. The van der Waals surface area contributed by atoms with Gasteiger partial charge in [-0.1, -0.05) is 11.2 Å². The van der Waals surface area contributed by atoms with Crippen molar-refractivity contribution in [2.24, 2.45) is 0 Å². The van der Waals surface area contributed by atoms with Crippen LogP contribution < -0.4 is 14.8 Å². The van der Waals surface area contributed by atoms with E-state index in [0.717, 1.165) is 17.1 Å². The van der Waals surface area contributed by atoms with E-state index in [2.05, 4.69) is 15.5 Å². The van der Waals surface area contributed by atoms with Crippen LogP contribution in [-0.4, -0.2) is 23.4 Å². The van der Waals surface area contributed by atoms with Crippen molar-refractivity contribution in [2.75, 3.05) is 7.11 Å². The fraction of sp³-hybridized carbons (Fsp3) is 0.467. The number of hydrogen-bond donors (Lipinski definition) is 1. The Bertz CT molecular complexity index is 581. The molecule has 0 aliphatic carbocycles. The number of aromatic nitrogens is 2. The maximum atomic E-state index is 5.69. The highest BCUT2D eigenvalue weighted by molar-refractivity contribution is 5.43. The summed E-state index contributed by atoms with van der Waals surface area (Å²) in [5.74, 6) is 2.71. The van der Waals surface area contributed by atoms with Crippen molar-refractivity contribution < 1.29 is 14.0 Å². The van der Waals surface area contributed by atoms with E-state index < -0.39 is 0 Å². The lowest BCUT2D eigenvalue weighted by molar-refractivity contribution is 0.230. The zero-order valence-electron chi connectivity index (χ0n) is 12.8. The maximum absolute atomic E-state index is 5.69. The minimum Gasteiger partial charge on any atom is -0.493 e. The van der Waals surface area contributed by atoms with Gasteiger partial charge in [-0.2, -0.15) is 4.98 Å². The molecule has 1 aromatic carbocycles. The van der Waals surface area contributed by atoms with Crippen LogP contribution in [0, 0.1) is 6.92 Å². The van der Waals surface area contributed by atoms with Crippen LogP contribution in [0.4, 0.5) is 0 Å². The molecule has 2 rings (SSSR count). The van der Waals surface area contributed by atoms with Crippen LogP contribution in [0.5, 0.6) is 11.5 Å². The molecule has 0 atom stereocenters. The minimum absolute atomic E-state index is 0.114. The van der Waals surface area contributed by atoms with E-state index in [4.69, 9.17) is 14.0 Å². The molecular formula is C15H21N3O3. The van der Waals surface area contributed by atoms with Gasteiger partial charge in [0.15, 0.2) is 17.3 Å². The number of benzene rings is 1. The number of rotatable bonds is 7. The Morgan fingerprint density at radius 3 is 2.67 bits per heavy atom. The first-order chi connectivity index (χ1) is 10.1. The fourth-order valence-electron chi connectivity index (χ4n) is 1.90. The molecule has 21 heavy (non-hydrogen) atoms. The molecule has 0 radical (unpaired) electrons. The Kier molecular flexibility index (Phi) is 5.16. The van der Waals surface area contributed by atoms with Gasteiger partial charge in [-0.15, -0.1) is 0 Å². The number of aryl methyl sites for hydroxylation is 1. The number of hydrogen-bond acceptors (Lipinski definition) is 6. The highest BCUT2D eigenvalue weighted by Crippen LogP contribution is 2.28. The van der Waals surface area contributed by atoms with Gasteiger partial charge in [0, 0.05) is 6.54 Å². The molecule has 1 heterocycles. The van der Waals surface area contributed by atoms with Crippen molar-refractivity contribution in [3.8, 4) is 11.5 Å². The summed E-state index contributed by atoms with van der Waals surface area (Å²) in [4.78, 5) is 4.14. The second-order valence-corrected chi connectivity index (χ2v) is 4.99. The van der Waals surface area contributed by atoms with E-state index in [1.54, 1.807) is 14.0 Å². The first-order valence-electron chi connectivity index (χ1n) is 6.92. The van der Waals surface area contributed by atoms with Crippen molar-refractivity contribution in [1.29, 1.82) is 0 Å². The molecule has 2 aromatic rings. The number of ether oxygens (including phenoxy) is 2. The highest BCUT2D eigenvalue weighted by atomic mass is 16.5. The van der Waals surface area contributed by atoms with E-state index in [1.807, 2.05) is 32.0 Å². The summed E-state index contributed by atoms with van der Waals surface area (Å²) in [6, 6.07) is 5.89. The molecule has 0 fully saturated rings. The highest BCUT2D eigenvalue weighted by Gasteiger charge is 2.08. The predicted molar refractivity (Wildman–Crippen MR) is 78.3 cm³/mol. The third-order valence-corrected chi connectivity index (χ3v) is 2.77. The molecule has 0 saturated carbocycles. The first-order valence-corrected chi connectivity index (χ1v) is 6.92. The van der Waals surface area contributed by atoms with Crippen LogP contribution in [0.15, 0.2) is 22.7 Å². The van der Waals surface area contributed by atoms with E-state index in [9.17, 15) is 0 Å². The molecule has 0 amide bonds. The largest absolute Gasteiger partial charge is 0.493 e. The quantitative estimate of drug-likeness (QED) is 0.845. The topological polar surface area (TPSA) is 69.4 Å². The standard InChI is InChI=1S/C15H21N3O3/c1-10(2)20-13-6-5-12(7-14(13)19-4)8-16-9-15-17-11(3)18-21-15/h5-7,10,16H,8-9H2,1-4H3. The van der Waals surface area contributed by atoms with Crippen molar-refractivity contribution >= 4 is 0 Å². The van der Waals surface area contributed by atoms with Crippen LogP contribution in [0.2, 0.25) is 0 Å². The summed E-state index contributed by atoms with van der Waals surface area (Å²) in [5, 5.41) is 7.00. The van der Waals surface area contributed by atoms with Gasteiger partial charge in [-0.3, -0.25) is 0 Å². The van der Waals surface area contributed by atoms with Gasteiger partial charge in [0.2, 0.25) is 5.89 Å². The summed E-state index contributed by atoms with van der Waals surface area (Å²) in [6.45, 7) is 6.99. The minimum atomic E-state index is 0.114. The molecule has 6 heteroatoms. The van der Waals surface area contributed by atoms with Crippen LogP contribution in [-0.2, 0) is 13.1 Å². The maximum Gasteiger partial charge on any atom is 0.240 e. The molecule has 1 N–H and O–H groups in total. The molecular weight excluding hydrogens is 270 g/mol. The van der Waals surface area contributed by atoms with Gasteiger partial charge in [0.05, 0.1) is 19.8 Å². The van der Waals surface area contributed by atoms with E-state index in [1.165, 1.54) is 0 Å². The lowest BCUT2D eigenvalue weighted by Gasteiger charge is -2.14.